The summed E-state index contributed by atoms with van der Waals surface area (Å²) in [7, 11) is 2.32. The number of para-hydroxylation sites is 1. The van der Waals surface area contributed by atoms with Crippen molar-refractivity contribution in [1.29, 1.82) is 0 Å². The number of carbonyl (C=O) groups excluding carboxylic acids is 2. The number of carbonyl (C=O) groups is 2. The molecule has 7 nitrogen and oxygen atoms in total. The number of amidine groups is 1. The second-order valence-electron chi connectivity index (χ2n) is 4.51. The molecule has 1 aliphatic heterocycles. The Kier molecular flexibility index (Phi) is 4.23. The Morgan fingerprint density at radius 3 is 2.52 bits per heavy atom. The van der Waals surface area contributed by atoms with Crippen LogP contribution in [0.1, 0.15) is 0 Å². The second-order valence-corrected chi connectivity index (χ2v) is 4.51. The van der Waals surface area contributed by atoms with Gasteiger partial charge in [-0.05, 0) is 12.1 Å². The Labute approximate surface area is 121 Å². The molecular weight excluding hydrogens is 276 g/mol. The predicted molar refractivity (Wildman–Crippen MR) is 74.8 cm³/mol. The van der Waals surface area contributed by atoms with Gasteiger partial charge < -0.3 is 19.9 Å². The first-order chi connectivity index (χ1) is 10.0. The molecule has 1 aromatic carbocycles. The highest BCUT2D eigenvalue weighted by atomic mass is 16.5. The van der Waals surface area contributed by atoms with Gasteiger partial charge in [-0.3, -0.25) is 9.79 Å². The average molecular weight is 292 g/mol. The zero-order valence-electron chi connectivity index (χ0n) is 11.7. The number of rotatable bonds is 3. The third-order valence-electron chi connectivity index (χ3n) is 3.32. The number of methoxy groups -OCH3 is 2. The zero-order chi connectivity index (χ0) is 15.5. The molecule has 2 N–H and O–H groups in total. The van der Waals surface area contributed by atoms with Gasteiger partial charge in [-0.2, -0.15) is 0 Å². The number of aliphatic imine (C=N–C) groups is 1. The van der Waals surface area contributed by atoms with Gasteiger partial charge in [-0.1, -0.05) is 18.2 Å². The smallest absolute Gasteiger partial charge is 0.346 e. The minimum atomic E-state index is -2.18. The van der Waals surface area contributed by atoms with E-state index in [0.717, 1.165) is 7.11 Å². The van der Waals surface area contributed by atoms with E-state index in [2.05, 4.69) is 19.8 Å². The van der Waals surface area contributed by atoms with Crippen LogP contribution in [-0.4, -0.2) is 49.2 Å². The van der Waals surface area contributed by atoms with Gasteiger partial charge >= 0.3 is 11.9 Å². The van der Waals surface area contributed by atoms with Crippen LogP contribution in [0.3, 0.4) is 0 Å². The molecule has 0 radical (unpaired) electrons. The molecule has 0 amide bonds. The standard InChI is InChI=1S/C14H16N2O5/c1-20-11(17)10-8-15-12(14(10,19)13(18)21-2)16-9-6-4-3-5-7-9/h3-7,10,19H,8H2,1-2H3,(H,15,16). The third kappa shape index (κ3) is 2.59. The van der Waals surface area contributed by atoms with E-state index < -0.39 is 23.5 Å². The molecule has 1 aliphatic rings. The zero-order valence-corrected chi connectivity index (χ0v) is 11.7. The van der Waals surface area contributed by atoms with Gasteiger partial charge in [0.05, 0.1) is 20.8 Å². The number of esters is 2. The van der Waals surface area contributed by atoms with Crippen molar-refractivity contribution in [2.24, 2.45) is 10.9 Å². The summed E-state index contributed by atoms with van der Waals surface area (Å²) in [5.74, 6) is -2.86. The number of ether oxygens (including phenoxy) is 2. The summed E-state index contributed by atoms with van der Waals surface area (Å²) in [6, 6.07) is 8.88. The third-order valence-corrected chi connectivity index (χ3v) is 3.32. The Morgan fingerprint density at radius 1 is 1.29 bits per heavy atom. The largest absolute Gasteiger partial charge is 0.469 e. The molecule has 0 spiro atoms. The molecule has 1 heterocycles. The van der Waals surface area contributed by atoms with Crippen LogP contribution in [0.4, 0.5) is 5.69 Å². The fourth-order valence-electron chi connectivity index (χ4n) is 2.18. The molecule has 0 bridgehead atoms. The first kappa shape index (κ1) is 15.0. The monoisotopic (exact) mass is 292 g/mol. The summed E-state index contributed by atoms with van der Waals surface area (Å²) >= 11 is 0. The van der Waals surface area contributed by atoms with E-state index in [-0.39, 0.29) is 12.4 Å². The van der Waals surface area contributed by atoms with Gasteiger partial charge in [0.2, 0.25) is 5.60 Å². The van der Waals surface area contributed by atoms with E-state index in [1.54, 1.807) is 24.3 Å². The molecule has 1 aromatic rings. The SMILES string of the molecule is COC(=O)C1CN=C(Nc2ccccc2)C1(O)C(=O)OC. The summed E-state index contributed by atoms with van der Waals surface area (Å²) in [5.41, 5.74) is -1.55. The lowest BCUT2D eigenvalue weighted by atomic mass is 9.88. The molecule has 2 rings (SSSR count). The molecule has 0 saturated carbocycles. The number of nitrogens with zero attached hydrogens (tertiary/aromatic N) is 1. The summed E-state index contributed by atoms with van der Waals surface area (Å²) in [6.45, 7) is -0.0621. The number of nitrogens with one attached hydrogen (secondary N) is 1. The van der Waals surface area contributed by atoms with E-state index in [9.17, 15) is 14.7 Å². The van der Waals surface area contributed by atoms with Crippen LogP contribution in [-0.2, 0) is 19.1 Å². The van der Waals surface area contributed by atoms with Crippen LogP contribution in [0.2, 0.25) is 0 Å². The van der Waals surface area contributed by atoms with Crippen molar-refractivity contribution < 1.29 is 24.2 Å². The van der Waals surface area contributed by atoms with Crippen molar-refractivity contribution >= 4 is 23.5 Å². The lowest BCUT2D eigenvalue weighted by molar-refractivity contribution is -0.167. The molecule has 0 aliphatic carbocycles. The number of hydrogen-bond acceptors (Lipinski definition) is 7. The first-order valence-electron chi connectivity index (χ1n) is 6.29. The Morgan fingerprint density at radius 2 is 1.95 bits per heavy atom. The molecular formula is C14H16N2O5. The van der Waals surface area contributed by atoms with Gasteiger partial charge in [-0.15, -0.1) is 0 Å². The van der Waals surface area contributed by atoms with E-state index >= 15 is 0 Å². The van der Waals surface area contributed by atoms with Crippen molar-refractivity contribution in [3.8, 4) is 0 Å². The highest BCUT2D eigenvalue weighted by molar-refractivity contribution is 6.18. The maximum Gasteiger partial charge on any atom is 0.346 e. The van der Waals surface area contributed by atoms with Crippen molar-refractivity contribution in [3.05, 3.63) is 30.3 Å². The van der Waals surface area contributed by atoms with Crippen LogP contribution in [0, 0.1) is 5.92 Å². The van der Waals surface area contributed by atoms with E-state index in [1.807, 2.05) is 6.07 Å². The van der Waals surface area contributed by atoms with Gasteiger partial charge in [0.1, 0.15) is 11.8 Å². The van der Waals surface area contributed by atoms with E-state index in [0.29, 0.717) is 5.69 Å². The minimum Gasteiger partial charge on any atom is -0.469 e. The van der Waals surface area contributed by atoms with Crippen molar-refractivity contribution in [2.75, 3.05) is 26.1 Å². The number of hydrogen-bond donors (Lipinski definition) is 2. The van der Waals surface area contributed by atoms with Crippen LogP contribution < -0.4 is 5.32 Å². The molecule has 7 heteroatoms. The Bertz CT molecular complexity index is 572. The molecule has 0 saturated heterocycles. The maximum atomic E-state index is 12.0. The van der Waals surface area contributed by atoms with Gasteiger partial charge in [0, 0.05) is 5.69 Å². The van der Waals surface area contributed by atoms with E-state index in [1.165, 1.54) is 7.11 Å². The van der Waals surface area contributed by atoms with Crippen molar-refractivity contribution in [3.63, 3.8) is 0 Å². The quantitative estimate of drug-likeness (QED) is 0.773. The number of anilines is 1. The predicted octanol–water partition coefficient (Wildman–Crippen LogP) is 0.204. The number of benzene rings is 1. The van der Waals surface area contributed by atoms with Crippen LogP contribution >= 0.6 is 0 Å². The van der Waals surface area contributed by atoms with Gasteiger partial charge in [-0.25, -0.2) is 4.79 Å². The van der Waals surface area contributed by atoms with Crippen LogP contribution in [0.25, 0.3) is 0 Å². The first-order valence-corrected chi connectivity index (χ1v) is 6.29. The van der Waals surface area contributed by atoms with Crippen molar-refractivity contribution in [2.45, 2.75) is 5.60 Å². The lowest BCUT2D eigenvalue weighted by Crippen LogP contribution is -2.55. The topological polar surface area (TPSA) is 97.2 Å². The fourth-order valence-corrected chi connectivity index (χ4v) is 2.18. The molecule has 0 fully saturated rings. The maximum absolute atomic E-state index is 12.0. The highest BCUT2D eigenvalue weighted by Crippen LogP contribution is 2.29. The molecule has 2 unspecified atom stereocenters. The Balaban J connectivity index is 2.32. The summed E-state index contributed by atoms with van der Waals surface area (Å²) < 4.78 is 9.23. The molecule has 0 aromatic heterocycles. The molecule has 21 heavy (non-hydrogen) atoms. The second kappa shape index (κ2) is 5.92. The molecule has 2 atom stereocenters. The Hall–Kier alpha value is -2.41. The van der Waals surface area contributed by atoms with Crippen molar-refractivity contribution in [1.82, 2.24) is 0 Å². The van der Waals surface area contributed by atoms with Crippen LogP contribution in [0.15, 0.2) is 35.3 Å². The van der Waals surface area contributed by atoms with E-state index in [4.69, 9.17) is 0 Å². The fraction of sp³-hybridized carbons (Fsp3) is 0.357. The minimum absolute atomic E-state index is 0.0315. The lowest BCUT2D eigenvalue weighted by Gasteiger charge is -2.27. The normalized spacial score (nSPS) is 24.1. The molecule has 112 valence electrons. The summed E-state index contributed by atoms with van der Waals surface area (Å²) in [5, 5.41) is 13.5. The average Bonchev–Trinajstić information content (AvgIpc) is 2.85. The van der Waals surface area contributed by atoms with Crippen LogP contribution in [0.5, 0.6) is 0 Å². The summed E-state index contributed by atoms with van der Waals surface area (Å²) in [6.07, 6.45) is 0. The summed E-state index contributed by atoms with van der Waals surface area (Å²) in [4.78, 5) is 27.8. The van der Waals surface area contributed by atoms with Gasteiger partial charge in [0.25, 0.3) is 0 Å². The number of aliphatic hydroxyl groups is 1. The van der Waals surface area contributed by atoms with Gasteiger partial charge in [0.15, 0.2) is 0 Å². The highest BCUT2D eigenvalue weighted by Gasteiger charge is 2.57.